The number of aliphatic hydroxyl groups excluding tert-OH is 1. The van der Waals surface area contributed by atoms with Crippen LogP contribution in [0.4, 0.5) is 11.4 Å². The maximum atomic E-state index is 12.3. The molecule has 0 unspecified atom stereocenters. The summed E-state index contributed by atoms with van der Waals surface area (Å²) in [5.74, 6) is -0.578. The van der Waals surface area contributed by atoms with Gasteiger partial charge in [-0.25, -0.2) is 8.42 Å². The largest absolute Gasteiger partial charge is 0.387 e. The first-order chi connectivity index (χ1) is 10.4. The van der Waals surface area contributed by atoms with Gasteiger partial charge in [-0.2, -0.15) is 0 Å². The minimum absolute atomic E-state index is 0.111. The second kappa shape index (κ2) is 6.91. The molecule has 0 saturated carbocycles. The van der Waals surface area contributed by atoms with Crippen LogP contribution in [0.1, 0.15) is 0 Å². The van der Waals surface area contributed by atoms with Crippen LogP contribution in [0.15, 0.2) is 57.9 Å². The lowest BCUT2D eigenvalue weighted by Crippen LogP contribution is -2.16. The van der Waals surface area contributed by atoms with Gasteiger partial charge >= 0.3 is 0 Å². The van der Waals surface area contributed by atoms with E-state index in [4.69, 9.17) is 5.11 Å². The van der Waals surface area contributed by atoms with Crippen molar-refractivity contribution >= 4 is 43.2 Å². The van der Waals surface area contributed by atoms with Gasteiger partial charge in [0.2, 0.25) is 5.91 Å². The molecule has 116 valence electrons. The van der Waals surface area contributed by atoms with E-state index in [0.29, 0.717) is 15.8 Å². The molecule has 0 atom stereocenters. The minimum Gasteiger partial charge on any atom is -0.387 e. The van der Waals surface area contributed by atoms with Gasteiger partial charge in [-0.3, -0.25) is 9.52 Å². The van der Waals surface area contributed by atoms with Crippen LogP contribution in [0.25, 0.3) is 0 Å². The van der Waals surface area contributed by atoms with Gasteiger partial charge in [-0.15, -0.1) is 0 Å². The fourth-order valence-corrected chi connectivity index (χ4v) is 3.79. The highest BCUT2D eigenvalue weighted by Gasteiger charge is 2.17. The fourth-order valence-electron chi connectivity index (χ4n) is 1.73. The van der Waals surface area contributed by atoms with Crippen LogP contribution in [0.5, 0.6) is 0 Å². The summed E-state index contributed by atoms with van der Waals surface area (Å²) in [5.41, 5.74) is 0.679. The van der Waals surface area contributed by atoms with E-state index in [1.807, 2.05) is 0 Å². The van der Waals surface area contributed by atoms with Crippen LogP contribution in [0.3, 0.4) is 0 Å². The molecule has 2 aromatic carbocycles. The van der Waals surface area contributed by atoms with Gasteiger partial charge in [-0.05, 0) is 46.3 Å². The average molecular weight is 385 g/mol. The molecular weight excluding hydrogens is 372 g/mol. The van der Waals surface area contributed by atoms with Crippen LogP contribution in [-0.2, 0) is 14.8 Å². The number of nitrogens with one attached hydrogen (secondary N) is 2. The Kier molecular flexibility index (Phi) is 5.17. The van der Waals surface area contributed by atoms with Gasteiger partial charge < -0.3 is 10.4 Å². The van der Waals surface area contributed by atoms with Crippen LogP contribution < -0.4 is 10.0 Å². The summed E-state index contributed by atoms with van der Waals surface area (Å²) in [6, 6.07) is 12.6. The molecule has 0 fully saturated rings. The van der Waals surface area contributed by atoms with Crippen LogP contribution in [0, 0.1) is 0 Å². The second-order valence-electron chi connectivity index (χ2n) is 4.32. The summed E-state index contributed by atoms with van der Waals surface area (Å²) >= 11 is 3.20. The van der Waals surface area contributed by atoms with Gasteiger partial charge in [0.05, 0.1) is 5.69 Å². The smallest absolute Gasteiger partial charge is 0.263 e. The molecule has 0 spiro atoms. The van der Waals surface area contributed by atoms with Crippen molar-refractivity contribution in [1.29, 1.82) is 0 Å². The van der Waals surface area contributed by atoms with Crippen LogP contribution >= 0.6 is 15.9 Å². The topological polar surface area (TPSA) is 95.5 Å². The zero-order chi connectivity index (χ0) is 16.2. The monoisotopic (exact) mass is 384 g/mol. The van der Waals surface area contributed by atoms with Crippen molar-refractivity contribution in [2.75, 3.05) is 16.6 Å². The average Bonchev–Trinajstić information content (AvgIpc) is 2.47. The lowest BCUT2D eigenvalue weighted by atomic mass is 10.3. The normalized spacial score (nSPS) is 11.0. The summed E-state index contributed by atoms with van der Waals surface area (Å²) in [4.78, 5) is 11.2. The third-order valence-corrected chi connectivity index (χ3v) is 5.06. The minimum atomic E-state index is -3.75. The van der Waals surface area contributed by atoms with E-state index in [0.717, 1.165) is 0 Å². The molecule has 2 rings (SSSR count). The predicted molar refractivity (Wildman–Crippen MR) is 87.1 cm³/mol. The van der Waals surface area contributed by atoms with Crippen molar-refractivity contribution in [2.45, 2.75) is 4.90 Å². The second-order valence-corrected chi connectivity index (χ2v) is 6.83. The third kappa shape index (κ3) is 4.06. The van der Waals surface area contributed by atoms with Crippen molar-refractivity contribution in [3.8, 4) is 0 Å². The van der Waals surface area contributed by atoms with Crippen molar-refractivity contribution in [3.63, 3.8) is 0 Å². The highest BCUT2D eigenvalue weighted by atomic mass is 79.9. The van der Waals surface area contributed by atoms with E-state index in [-0.39, 0.29) is 4.90 Å². The van der Waals surface area contributed by atoms with Gasteiger partial charge in [0.15, 0.2) is 0 Å². The van der Waals surface area contributed by atoms with Crippen molar-refractivity contribution < 1.29 is 18.3 Å². The summed E-state index contributed by atoms with van der Waals surface area (Å²) in [6.45, 7) is -0.646. The Morgan fingerprint density at radius 1 is 1.09 bits per heavy atom. The molecule has 0 saturated heterocycles. The molecule has 0 aliphatic rings. The Morgan fingerprint density at radius 2 is 1.77 bits per heavy atom. The first kappa shape index (κ1) is 16.5. The van der Waals surface area contributed by atoms with Gasteiger partial charge in [0, 0.05) is 10.2 Å². The number of hydrogen-bond acceptors (Lipinski definition) is 4. The summed E-state index contributed by atoms with van der Waals surface area (Å²) in [5, 5.41) is 11.1. The molecule has 0 heterocycles. The van der Waals surface area contributed by atoms with Gasteiger partial charge in [0.1, 0.15) is 11.5 Å². The maximum absolute atomic E-state index is 12.3. The Balaban J connectivity index is 2.25. The van der Waals surface area contributed by atoms with Crippen molar-refractivity contribution in [1.82, 2.24) is 0 Å². The number of carbonyl (C=O) groups excluding carboxylic acids is 1. The molecular formula is C14H13BrN2O4S. The highest BCUT2D eigenvalue weighted by molar-refractivity contribution is 9.10. The lowest BCUT2D eigenvalue weighted by molar-refractivity contribution is -0.118. The zero-order valence-electron chi connectivity index (χ0n) is 11.3. The Morgan fingerprint density at radius 3 is 2.45 bits per heavy atom. The number of rotatable bonds is 5. The first-order valence-corrected chi connectivity index (χ1v) is 8.48. The van der Waals surface area contributed by atoms with Gasteiger partial charge in [-0.1, -0.05) is 18.2 Å². The molecule has 0 aliphatic carbocycles. The summed E-state index contributed by atoms with van der Waals surface area (Å²) < 4.78 is 27.6. The van der Waals surface area contributed by atoms with Crippen molar-refractivity contribution in [2.24, 2.45) is 0 Å². The van der Waals surface area contributed by atoms with Crippen LogP contribution in [-0.4, -0.2) is 26.0 Å². The number of carbonyl (C=O) groups is 1. The SMILES string of the molecule is O=C(CO)Nc1cccc(NS(=O)(=O)c2ccccc2Br)c1. The molecule has 8 heteroatoms. The van der Waals surface area contributed by atoms with E-state index in [1.165, 1.54) is 12.1 Å². The fraction of sp³-hybridized carbons (Fsp3) is 0.0714. The number of amides is 1. The number of halogens is 1. The number of anilines is 2. The Hall–Kier alpha value is -1.90. The quantitative estimate of drug-likeness (QED) is 0.735. The molecule has 0 bridgehead atoms. The number of hydrogen-bond donors (Lipinski definition) is 3. The van der Waals surface area contributed by atoms with E-state index < -0.39 is 22.5 Å². The molecule has 0 aromatic heterocycles. The molecule has 6 nitrogen and oxygen atoms in total. The van der Waals surface area contributed by atoms with E-state index in [1.54, 1.807) is 36.4 Å². The Labute approximate surface area is 136 Å². The first-order valence-electron chi connectivity index (χ1n) is 6.20. The van der Waals surface area contributed by atoms with E-state index in [2.05, 4.69) is 26.0 Å². The third-order valence-electron chi connectivity index (χ3n) is 2.67. The zero-order valence-corrected chi connectivity index (χ0v) is 13.7. The van der Waals surface area contributed by atoms with Crippen LogP contribution in [0.2, 0.25) is 0 Å². The summed E-state index contributed by atoms with van der Waals surface area (Å²) in [6.07, 6.45) is 0. The van der Waals surface area contributed by atoms with E-state index in [9.17, 15) is 13.2 Å². The molecule has 1 amide bonds. The summed E-state index contributed by atoms with van der Waals surface area (Å²) in [7, 11) is -3.75. The molecule has 0 aliphatic heterocycles. The highest BCUT2D eigenvalue weighted by Crippen LogP contribution is 2.24. The predicted octanol–water partition coefficient (Wildman–Crippen LogP) is 2.18. The molecule has 3 N–H and O–H groups in total. The number of sulfonamides is 1. The molecule has 2 aromatic rings. The van der Waals surface area contributed by atoms with Gasteiger partial charge in [0.25, 0.3) is 10.0 Å². The lowest BCUT2D eigenvalue weighted by Gasteiger charge is -2.11. The standard InChI is InChI=1S/C14H13BrN2O4S/c15-12-6-1-2-7-13(12)22(20,21)17-11-5-3-4-10(8-11)16-14(19)9-18/h1-8,17-18H,9H2,(H,16,19). The van der Waals surface area contributed by atoms with E-state index >= 15 is 0 Å². The molecule has 22 heavy (non-hydrogen) atoms. The van der Waals surface area contributed by atoms with Crippen molar-refractivity contribution in [3.05, 3.63) is 53.0 Å². The molecule has 0 radical (unpaired) electrons. The maximum Gasteiger partial charge on any atom is 0.263 e. The Bertz CT molecular complexity index is 793. The number of aliphatic hydroxyl groups is 1. The number of benzene rings is 2.